The lowest BCUT2D eigenvalue weighted by molar-refractivity contribution is -0.117. The summed E-state index contributed by atoms with van der Waals surface area (Å²) < 4.78 is 0. The molecule has 0 radical (unpaired) electrons. The van der Waals surface area contributed by atoms with Crippen LogP contribution in [0.5, 0.6) is 0 Å². The monoisotopic (exact) mass is 278 g/mol. The number of amides is 1. The summed E-state index contributed by atoms with van der Waals surface area (Å²) in [5.41, 5.74) is 6.51. The zero-order valence-electron chi connectivity index (χ0n) is 11.4. The Labute approximate surface area is 119 Å². The van der Waals surface area contributed by atoms with Gasteiger partial charge in [0.1, 0.15) is 0 Å². The predicted octanol–water partition coefficient (Wildman–Crippen LogP) is 3.40. The Kier molecular flexibility index (Phi) is 5.28. The molecule has 0 saturated heterocycles. The standard InChI is InChI=1S/C15H22N2OS/c1-2-14(16)15(18)17-11-7-9-13(10-8-11)19-12-5-3-4-6-12/h7-10,12,14H,2-6,16H2,1H3,(H,17,18)/t14-/m1/s1. The smallest absolute Gasteiger partial charge is 0.241 e. The van der Waals surface area contributed by atoms with Crippen LogP contribution in [0.15, 0.2) is 29.2 Å². The number of carbonyl (C=O) groups excluding carboxylic acids is 1. The third-order valence-corrected chi connectivity index (χ3v) is 4.85. The number of carbonyl (C=O) groups is 1. The summed E-state index contributed by atoms with van der Waals surface area (Å²) >= 11 is 1.95. The molecular formula is C15H22N2OS. The second-order valence-electron chi connectivity index (χ2n) is 5.05. The SMILES string of the molecule is CC[C@@H](N)C(=O)Nc1ccc(SC2CCCC2)cc1. The molecule has 0 spiro atoms. The van der Waals surface area contributed by atoms with Gasteiger partial charge in [0, 0.05) is 15.8 Å². The molecule has 1 fully saturated rings. The Bertz CT molecular complexity index is 413. The van der Waals surface area contributed by atoms with Gasteiger partial charge in [-0.15, -0.1) is 11.8 Å². The zero-order valence-corrected chi connectivity index (χ0v) is 12.2. The first kappa shape index (κ1) is 14.4. The second kappa shape index (κ2) is 6.96. The van der Waals surface area contributed by atoms with Gasteiger partial charge in [0.2, 0.25) is 5.91 Å². The maximum absolute atomic E-state index is 11.7. The Balaban J connectivity index is 1.88. The largest absolute Gasteiger partial charge is 0.325 e. The molecule has 1 amide bonds. The topological polar surface area (TPSA) is 55.1 Å². The van der Waals surface area contributed by atoms with Crippen LogP contribution in [-0.4, -0.2) is 17.2 Å². The van der Waals surface area contributed by atoms with Crippen molar-refractivity contribution in [3.05, 3.63) is 24.3 Å². The molecule has 2 rings (SSSR count). The zero-order chi connectivity index (χ0) is 13.7. The average molecular weight is 278 g/mol. The molecule has 0 aliphatic heterocycles. The maximum Gasteiger partial charge on any atom is 0.241 e. The van der Waals surface area contributed by atoms with Gasteiger partial charge in [-0.3, -0.25) is 4.79 Å². The van der Waals surface area contributed by atoms with E-state index in [0.29, 0.717) is 6.42 Å². The fourth-order valence-electron chi connectivity index (χ4n) is 2.24. The molecule has 0 aromatic heterocycles. The van der Waals surface area contributed by atoms with Gasteiger partial charge in [-0.2, -0.15) is 0 Å². The van der Waals surface area contributed by atoms with Crippen LogP contribution < -0.4 is 11.1 Å². The van der Waals surface area contributed by atoms with Crippen molar-refractivity contribution < 1.29 is 4.79 Å². The summed E-state index contributed by atoms with van der Waals surface area (Å²) in [6.45, 7) is 1.91. The Morgan fingerprint density at radius 2 is 2.00 bits per heavy atom. The van der Waals surface area contributed by atoms with E-state index in [9.17, 15) is 4.79 Å². The van der Waals surface area contributed by atoms with Crippen molar-refractivity contribution in [2.75, 3.05) is 5.32 Å². The van der Waals surface area contributed by atoms with Crippen LogP contribution in [0.3, 0.4) is 0 Å². The number of thioether (sulfide) groups is 1. The molecule has 1 saturated carbocycles. The highest BCUT2D eigenvalue weighted by atomic mass is 32.2. The van der Waals surface area contributed by atoms with Gasteiger partial charge in [0.05, 0.1) is 6.04 Å². The van der Waals surface area contributed by atoms with E-state index in [1.165, 1.54) is 30.6 Å². The van der Waals surface area contributed by atoms with E-state index in [4.69, 9.17) is 5.73 Å². The highest BCUT2D eigenvalue weighted by molar-refractivity contribution is 8.00. The minimum atomic E-state index is -0.424. The van der Waals surface area contributed by atoms with Crippen LogP contribution in [0.25, 0.3) is 0 Å². The number of anilines is 1. The first-order chi connectivity index (χ1) is 9.19. The molecule has 1 aliphatic carbocycles. The van der Waals surface area contributed by atoms with Crippen molar-refractivity contribution >= 4 is 23.4 Å². The minimum Gasteiger partial charge on any atom is -0.325 e. The number of hydrogen-bond donors (Lipinski definition) is 2. The highest BCUT2D eigenvalue weighted by Crippen LogP contribution is 2.34. The van der Waals surface area contributed by atoms with Crippen molar-refractivity contribution in [3.8, 4) is 0 Å². The number of nitrogens with two attached hydrogens (primary N) is 1. The molecule has 0 bridgehead atoms. The van der Waals surface area contributed by atoms with Gasteiger partial charge in [0.15, 0.2) is 0 Å². The lowest BCUT2D eigenvalue weighted by Gasteiger charge is -2.11. The number of nitrogens with one attached hydrogen (secondary N) is 1. The molecule has 0 heterocycles. The molecule has 3 nitrogen and oxygen atoms in total. The minimum absolute atomic E-state index is 0.112. The summed E-state index contributed by atoms with van der Waals surface area (Å²) in [4.78, 5) is 12.9. The molecule has 1 aromatic carbocycles. The predicted molar refractivity (Wildman–Crippen MR) is 81.5 cm³/mol. The summed E-state index contributed by atoms with van der Waals surface area (Å²) in [7, 11) is 0. The summed E-state index contributed by atoms with van der Waals surface area (Å²) in [6, 6.07) is 7.65. The van der Waals surface area contributed by atoms with E-state index in [-0.39, 0.29) is 5.91 Å². The normalized spacial score (nSPS) is 17.4. The number of rotatable bonds is 5. The number of benzene rings is 1. The fourth-order valence-corrected chi connectivity index (χ4v) is 3.48. The fraction of sp³-hybridized carbons (Fsp3) is 0.533. The van der Waals surface area contributed by atoms with Crippen LogP contribution in [0, 0.1) is 0 Å². The van der Waals surface area contributed by atoms with E-state index < -0.39 is 6.04 Å². The molecule has 4 heteroatoms. The molecule has 0 unspecified atom stereocenters. The summed E-state index contributed by atoms with van der Waals surface area (Å²) in [5.74, 6) is -0.112. The van der Waals surface area contributed by atoms with Crippen LogP contribution in [0.1, 0.15) is 39.0 Å². The molecule has 1 aromatic rings. The van der Waals surface area contributed by atoms with E-state index in [1.54, 1.807) is 0 Å². The Hall–Kier alpha value is -1.00. The van der Waals surface area contributed by atoms with Crippen molar-refractivity contribution in [3.63, 3.8) is 0 Å². The average Bonchev–Trinajstić information content (AvgIpc) is 2.93. The van der Waals surface area contributed by atoms with Gasteiger partial charge in [-0.05, 0) is 43.5 Å². The molecule has 104 valence electrons. The summed E-state index contributed by atoms with van der Waals surface area (Å²) in [6.07, 6.45) is 6.03. The third-order valence-electron chi connectivity index (χ3n) is 3.50. The van der Waals surface area contributed by atoms with E-state index in [2.05, 4.69) is 17.4 Å². The third kappa shape index (κ3) is 4.25. The van der Waals surface area contributed by atoms with Gasteiger partial charge in [0.25, 0.3) is 0 Å². The Morgan fingerprint density at radius 1 is 1.37 bits per heavy atom. The molecule has 3 N–H and O–H groups in total. The Morgan fingerprint density at radius 3 is 2.58 bits per heavy atom. The van der Waals surface area contributed by atoms with Gasteiger partial charge in [-0.25, -0.2) is 0 Å². The maximum atomic E-state index is 11.7. The van der Waals surface area contributed by atoms with Crippen molar-refractivity contribution in [2.24, 2.45) is 5.73 Å². The quantitative estimate of drug-likeness (QED) is 0.868. The molecule has 19 heavy (non-hydrogen) atoms. The molecule has 1 atom stereocenters. The van der Waals surface area contributed by atoms with Crippen LogP contribution in [-0.2, 0) is 4.79 Å². The second-order valence-corrected chi connectivity index (χ2v) is 6.43. The van der Waals surface area contributed by atoms with Gasteiger partial charge >= 0.3 is 0 Å². The highest BCUT2D eigenvalue weighted by Gasteiger charge is 2.16. The number of hydrogen-bond acceptors (Lipinski definition) is 3. The van der Waals surface area contributed by atoms with Crippen LogP contribution in [0.2, 0.25) is 0 Å². The van der Waals surface area contributed by atoms with Crippen LogP contribution in [0.4, 0.5) is 5.69 Å². The van der Waals surface area contributed by atoms with Crippen molar-refractivity contribution in [1.82, 2.24) is 0 Å². The van der Waals surface area contributed by atoms with Gasteiger partial charge < -0.3 is 11.1 Å². The lowest BCUT2D eigenvalue weighted by Crippen LogP contribution is -2.34. The van der Waals surface area contributed by atoms with Gasteiger partial charge in [-0.1, -0.05) is 19.8 Å². The van der Waals surface area contributed by atoms with E-state index in [0.717, 1.165) is 10.9 Å². The van der Waals surface area contributed by atoms with E-state index >= 15 is 0 Å². The molecule has 1 aliphatic rings. The van der Waals surface area contributed by atoms with Crippen molar-refractivity contribution in [2.45, 2.75) is 55.2 Å². The first-order valence-corrected chi connectivity index (χ1v) is 7.90. The van der Waals surface area contributed by atoms with Crippen LogP contribution >= 0.6 is 11.8 Å². The van der Waals surface area contributed by atoms with E-state index in [1.807, 2.05) is 30.8 Å². The first-order valence-electron chi connectivity index (χ1n) is 7.02. The lowest BCUT2D eigenvalue weighted by atomic mass is 10.2. The molecular weight excluding hydrogens is 256 g/mol. The van der Waals surface area contributed by atoms with Crippen molar-refractivity contribution in [1.29, 1.82) is 0 Å². The summed E-state index contributed by atoms with van der Waals surface area (Å²) in [5, 5.41) is 3.61.